The summed E-state index contributed by atoms with van der Waals surface area (Å²) >= 11 is 1.58. The van der Waals surface area contributed by atoms with E-state index in [2.05, 4.69) is 24.4 Å². The topological polar surface area (TPSA) is 29.1 Å². The third kappa shape index (κ3) is 2.50. The number of unbranched alkanes of at least 4 members (excludes halogenated alkanes) is 1. The minimum Gasteiger partial charge on any atom is -0.351 e. The molecule has 1 aromatic carbocycles. The minimum absolute atomic E-state index is 0.0668. The van der Waals surface area contributed by atoms with Crippen LogP contribution in [0.4, 0.5) is 0 Å². The number of thiophene rings is 1. The molecule has 2 rings (SSSR count). The molecule has 0 unspecified atom stereocenters. The van der Waals surface area contributed by atoms with Crippen molar-refractivity contribution in [3.63, 3.8) is 0 Å². The van der Waals surface area contributed by atoms with Crippen LogP contribution < -0.4 is 5.32 Å². The molecule has 0 saturated heterocycles. The third-order valence-electron chi connectivity index (χ3n) is 2.87. The highest BCUT2D eigenvalue weighted by Crippen LogP contribution is 2.30. The SMILES string of the molecule is CCCCNC(=O)c1sc2ccccc2c1C. The summed E-state index contributed by atoms with van der Waals surface area (Å²) < 4.78 is 1.19. The van der Waals surface area contributed by atoms with Crippen molar-refractivity contribution in [1.29, 1.82) is 0 Å². The zero-order valence-corrected chi connectivity index (χ0v) is 11.1. The Morgan fingerprint density at radius 2 is 2.12 bits per heavy atom. The fourth-order valence-electron chi connectivity index (χ4n) is 1.85. The van der Waals surface area contributed by atoms with Crippen molar-refractivity contribution in [2.24, 2.45) is 0 Å². The summed E-state index contributed by atoms with van der Waals surface area (Å²) in [5.74, 6) is 0.0668. The van der Waals surface area contributed by atoms with Crippen LogP contribution in [0, 0.1) is 6.92 Å². The van der Waals surface area contributed by atoms with E-state index in [1.807, 2.05) is 19.1 Å². The van der Waals surface area contributed by atoms with Crippen molar-refractivity contribution in [3.05, 3.63) is 34.7 Å². The van der Waals surface area contributed by atoms with Gasteiger partial charge in [0.1, 0.15) is 0 Å². The number of rotatable bonds is 4. The van der Waals surface area contributed by atoms with Gasteiger partial charge in [-0.2, -0.15) is 0 Å². The Hall–Kier alpha value is -1.35. The molecule has 0 saturated carbocycles. The number of aryl methyl sites for hydroxylation is 1. The lowest BCUT2D eigenvalue weighted by molar-refractivity contribution is 0.0957. The minimum atomic E-state index is 0.0668. The first-order valence-corrected chi connectivity index (χ1v) is 6.82. The maximum absolute atomic E-state index is 12.0. The van der Waals surface area contributed by atoms with Crippen molar-refractivity contribution in [2.75, 3.05) is 6.54 Å². The maximum atomic E-state index is 12.0. The molecule has 1 aromatic heterocycles. The number of carbonyl (C=O) groups is 1. The molecule has 0 bridgehead atoms. The van der Waals surface area contributed by atoms with Gasteiger partial charge in [0, 0.05) is 11.2 Å². The molecule has 0 fully saturated rings. The Balaban J connectivity index is 2.23. The molecule has 0 atom stereocenters. The molecule has 17 heavy (non-hydrogen) atoms. The summed E-state index contributed by atoms with van der Waals surface area (Å²) in [4.78, 5) is 12.9. The summed E-state index contributed by atoms with van der Waals surface area (Å²) in [5, 5.41) is 4.17. The van der Waals surface area contributed by atoms with Gasteiger partial charge in [0.25, 0.3) is 5.91 Å². The lowest BCUT2D eigenvalue weighted by atomic mass is 10.1. The summed E-state index contributed by atoms with van der Waals surface area (Å²) in [6.45, 7) is 4.91. The van der Waals surface area contributed by atoms with Crippen molar-refractivity contribution < 1.29 is 4.79 Å². The smallest absolute Gasteiger partial charge is 0.261 e. The number of nitrogens with one attached hydrogen (secondary N) is 1. The molecule has 3 heteroatoms. The predicted molar refractivity (Wildman–Crippen MR) is 73.8 cm³/mol. The number of amides is 1. The monoisotopic (exact) mass is 247 g/mol. The highest BCUT2D eigenvalue weighted by Gasteiger charge is 2.14. The molecular weight excluding hydrogens is 230 g/mol. The first kappa shape index (κ1) is 12.1. The van der Waals surface area contributed by atoms with Gasteiger partial charge in [0.05, 0.1) is 4.88 Å². The number of hydrogen-bond acceptors (Lipinski definition) is 2. The third-order valence-corrected chi connectivity index (χ3v) is 4.14. The van der Waals surface area contributed by atoms with Gasteiger partial charge >= 0.3 is 0 Å². The summed E-state index contributed by atoms with van der Waals surface area (Å²) in [5.41, 5.74) is 1.10. The zero-order valence-electron chi connectivity index (χ0n) is 10.2. The lowest BCUT2D eigenvalue weighted by Gasteiger charge is -2.02. The molecule has 2 aromatic rings. The van der Waals surface area contributed by atoms with Crippen LogP contribution in [0.2, 0.25) is 0 Å². The Bertz CT molecular complexity index is 530. The van der Waals surface area contributed by atoms with E-state index in [4.69, 9.17) is 0 Å². The van der Waals surface area contributed by atoms with Crippen LogP contribution in [0.1, 0.15) is 35.0 Å². The summed E-state index contributed by atoms with van der Waals surface area (Å²) in [6, 6.07) is 8.16. The largest absolute Gasteiger partial charge is 0.351 e. The van der Waals surface area contributed by atoms with E-state index in [9.17, 15) is 4.79 Å². The molecule has 0 aliphatic heterocycles. The average Bonchev–Trinajstić information content (AvgIpc) is 2.68. The Kier molecular flexibility index (Phi) is 3.79. The van der Waals surface area contributed by atoms with E-state index < -0.39 is 0 Å². The molecule has 0 spiro atoms. The number of fused-ring (bicyclic) bond motifs is 1. The van der Waals surface area contributed by atoms with Crippen molar-refractivity contribution >= 4 is 27.3 Å². The van der Waals surface area contributed by atoms with Gasteiger partial charge in [-0.3, -0.25) is 4.79 Å². The van der Waals surface area contributed by atoms with Crippen molar-refractivity contribution in [2.45, 2.75) is 26.7 Å². The molecule has 1 heterocycles. The number of benzene rings is 1. The van der Waals surface area contributed by atoms with Crippen LogP contribution in [-0.2, 0) is 0 Å². The summed E-state index contributed by atoms with van der Waals surface area (Å²) in [6.07, 6.45) is 2.14. The molecule has 0 aliphatic carbocycles. The van der Waals surface area contributed by atoms with Gasteiger partial charge in [-0.05, 0) is 30.4 Å². The van der Waals surface area contributed by atoms with Crippen LogP contribution in [0.15, 0.2) is 24.3 Å². The first-order chi connectivity index (χ1) is 8.24. The average molecular weight is 247 g/mol. The van der Waals surface area contributed by atoms with Gasteiger partial charge in [0.15, 0.2) is 0 Å². The van der Waals surface area contributed by atoms with E-state index >= 15 is 0 Å². The normalized spacial score (nSPS) is 10.7. The molecule has 1 amide bonds. The molecule has 0 aliphatic rings. The van der Waals surface area contributed by atoms with E-state index in [1.54, 1.807) is 11.3 Å². The van der Waals surface area contributed by atoms with E-state index in [0.29, 0.717) is 0 Å². The fraction of sp³-hybridized carbons (Fsp3) is 0.357. The van der Waals surface area contributed by atoms with Crippen LogP contribution >= 0.6 is 11.3 Å². The quantitative estimate of drug-likeness (QED) is 0.819. The Morgan fingerprint density at radius 1 is 1.35 bits per heavy atom. The second-order valence-electron chi connectivity index (χ2n) is 4.16. The van der Waals surface area contributed by atoms with Crippen LogP contribution in [-0.4, -0.2) is 12.5 Å². The Morgan fingerprint density at radius 3 is 2.82 bits per heavy atom. The molecule has 0 radical (unpaired) electrons. The van der Waals surface area contributed by atoms with Crippen LogP contribution in [0.5, 0.6) is 0 Å². The first-order valence-electron chi connectivity index (χ1n) is 6.00. The molecule has 2 nitrogen and oxygen atoms in total. The number of hydrogen-bond donors (Lipinski definition) is 1. The number of carbonyl (C=O) groups excluding carboxylic acids is 1. The fourth-order valence-corrected chi connectivity index (χ4v) is 2.98. The molecule has 1 N–H and O–H groups in total. The predicted octanol–water partition coefficient (Wildman–Crippen LogP) is 3.74. The standard InChI is InChI=1S/C14H17NOS/c1-3-4-9-15-14(16)13-10(2)11-7-5-6-8-12(11)17-13/h5-8H,3-4,9H2,1-2H3,(H,15,16). The highest BCUT2D eigenvalue weighted by atomic mass is 32.1. The van der Waals surface area contributed by atoms with Gasteiger partial charge in [-0.1, -0.05) is 31.5 Å². The van der Waals surface area contributed by atoms with Gasteiger partial charge in [0.2, 0.25) is 0 Å². The van der Waals surface area contributed by atoms with Gasteiger partial charge in [-0.15, -0.1) is 11.3 Å². The molecular formula is C14H17NOS. The lowest BCUT2D eigenvalue weighted by Crippen LogP contribution is -2.23. The van der Waals surface area contributed by atoms with Gasteiger partial charge in [-0.25, -0.2) is 0 Å². The zero-order chi connectivity index (χ0) is 12.3. The van der Waals surface area contributed by atoms with Crippen molar-refractivity contribution in [1.82, 2.24) is 5.32 Å². The Labute approximate surface area is 106 Å². The maximum Gasteiger partial charge on any atom is 0.261 e. The highest BCUT2D eigenvalue weighted by molar-refractivity contribution is 7.21. The van der Waals surface area contributed by atoms with Crippen LogP contribution in [0.25, 0.3) is 10.1 Å². The second-order valence-corrected chi connectivity index (χ2v) is 5.21. The van der Waals surface area contributed by atoms with E-state index in [-0.39, 0.29) is 5.91 Å². The van der Waals surface area contributed by atoms with Gasteiger partial charge < -0.3 is 5.32 Å². The second kappa shape index (κ2) is 5.32. The summed E-state index contributed by atoms with van der Waals surface area (Å²) in [7, 11) is 0. The van der Waals surface area contributed by atoms with Crippen LogP contribution in [0.3, 0.4) is 0 Å². The molecule has 90 valence electrons. The van der Waals surface area contributed by atoms with E-state index in [1.165, 1.54) is 10.1 Å². The van der Waals surface area contributed by atoms with E-state index in [0.717, 1.165) is 29.8 Å². The van der Waals surface area contributed by atoms with Crippen molar-refractivity contribution in [3.8, 4) is 0 Å².